The zero-order valence-electron chi connectivity index (χ0n) is 15.1. The molecule has 0 bridgehead atoms. The van der Waals surface area contributed by atoms with Gasteiger partial charge in [0.25, 0.3) is 0 Å². The van der Waals surface area contributed by atoms with Gasteiger partial charge < -0.3 is 10.0 Å². The van der Waals surface area contributed by atoms with Crippen LogP contribution in [0.25, 0.3) is 10.8 Å². The van der Waals surface area contributed by atoms with Crippen LogP contribution in [-0.4, -0.2) is 40.0 Å². The Labute approximate surface area is 153 Å². The Hall–Kier alpha value is -2.79. The fraction of sp³-hybridized carbons (Fsp3) is 0.286. The highest BCUT2D eigenvalue weighted by Crippen LogP contribution is 2.21. The lowest BCUT2D eigenvalue weighted by molar-refractivity contribution is -0.136. The van der Waals surface area contributed by atoms with E-state index in [9.17, 15) is 4.79 Å². The van der Waals surface area contributed by atoms with E-state index in [4.69, 9.17) is 10.1 Å². The van der Waals surface area contributed by atoms with Crippen molar-refractivity contribution in [3.8, 4) is 0 Å². The topological polar surface area (TPSA) is 66.3 Å². The fourth-order valence-electron chi connectivity index (χ4n) is 3.10. The summed E-state index contributed by atoms with van der Waals surface area (Å²) >= 11 is 0. The number of hydrogen-bond donors (Lipinski definition) is 1. The molecule has 3 aromatic rings. The van der Waals surface area contributed by atoms with Crippen molar-refractivity contribution < 1.29 is 9.90 Å². The maximum Gasteiger partial charge on any atom is 0.303 e. The number of aryl methyl sites for hydroxylation is 1. The van der Waals surface area contributed by atoms with Gasteiger partial charge in [-0.25, -0.2) is 0 Å². The van der Waals surface area contributed by atoms with Crippen molar-refractivity contribution >= 4 is 16.7 Å². The molecule has 0 aliphatic rings. The van der Waals surface area contributed by atoms with Gasteiger partial charge in [-0.15, -0.1) is 0 Å². The molecule has 1 aromatic carbocycles. The monoisotopic (exact) mass is 349 g/mol. The molecule has 2 heterocycles. The van der Waals surface area contributed by atoms with Crippen LogP contribution in [0.1, 0.15) is 28.9 Å². The lowest BCUT2D eigenvalue weighted by atomic mass is 10.0. The van der Waals surface area contributed by atoms with Crippen molar-refractivity contribution in [3.63, 3.8) is 0 Å². The van der Waals surface area contributed by atoms with Gasteiger partial charge in [0, 0.05) is 37.2 Å². The number of pyridine rings is 2. The molecule has 0 spiro atoms. The highest BCUT2D eigenvalue weighted by Gasteiger charge is 2.09. The van der Waals surface area contributed by atoms with Crippen LogP contribution in [0.2, 0.25) is 0 Å². The number of rotatable bonds is 7. The molecule has 0 fully saturated rings. The molecule has 0 unspecified atom stereocenters. The van der Waals surface area contributed by atoms with Crippen LogP contribution in [0.4, 0.5) is 0 Å². The van der Waals surface area contributed by atoms with E-state index in [1.165, 1.54) is 0 Å². The molecule has 2 aromatic heterocycles. The van der Waals surface area contributed by atoms with Crippen LogP contribution in [0.3, 0.4) is 0 Å². The zero-order valence-corrected chi connectivity index (χ0v) is 15.1. The van der Waals surface area contributed by atoms with E-state index in [1.807, 2.05) is 38.5 Å². The number of hydrogen-bond acceptors (Lipinski definition) is 4. The highest BCUT2D eigenvalue weighted by atomic mass is 16.4. The highest BCUT2D eigenvalue weighted by molar-refractivity contribution is 5.84. The second kappa shape index (κ2) is 8.06. The maximum atomic E-state index is 10.8. The molecule has 134 valence electrons. The first-order valence-electron chi connectivity index (χ1n) is 8.68. The molecule has 1 N–H and O–H groups in total. The third-order valence-corrected chi connectivity index (χ3v) is 4.24. The summed E-state index contributed by atoms with van der Waals surface area (Å²) in [4.78, 5) is 22.0. The predicted molar refractivity (Wildman–Crippen MR) is 102 cm³/mol. The molecule has 0 aliphatic carbocycles. The molecule has 5 heteroatoms. The first-order valence-corrected chi connectivity index (χ1v) is 8.68. The average Bonchev–Trinajstić information content (AvgIpc) is 2.60. The molecular weight excluding hydrogens is 326 g/mol. The Morgan fingerprint density at radius 2 is 1.96 bits per heavy atom. The summed E-state index contributed by atoms with van der Waals surface area (Å²) in [6.07, 6.45) is 5.06. The van der Waals surface area contributed by atoms with Crippen LogP contribution < -0.4 is 0 Å². The van der Waals surface area contributed by atoms with Crippen molar-refractivity contribution in [2.24, 2.45) is 0 Å². The number of benzene rings is 1. The van der Waals surface area contributed by atoms with Crippen molar-refractivity contribution in [1.29, 1.82) is 0 Å². The SMILES string of the molecule is CN(C)Cc1cc2ccncc2c(Cc2cccc(CCC(=O)O)c2)n1. The summed E-state index contributed by atoms with van der Waals surface area (Å²) in [5.41, 5.74) is 4.21. The third-order valence-electron chi connectivity index (χ3n) is 4.24. The van der Waals surface area contributed by atoms with E-state index in [0.717, 1.165) is 39.8 Å². The smallest absolute Gasteiger partial charge is 0.303 e. The number of carbonyl (C=O) groups is 1. The van der Waals surface area contributed by atoms with E-state index in [2.05, 4.69) is 28.1 Å². The summed E-state index contributed by atoms with van der Waals surface area (Å²) in [5.74, 6) is -0.773. The average molecular weight is 349 g/mol. The van der Waals surface area contributed by atoms with Gasteiger partial charge in [0.2, 0.25) is 0 Å². The fourth-order valence-corrected chi connectivity index (χ4v) is 3.10. The summed E-state index contributed by atoms with van der Waals surface area (Å²) in [6, 6.07) is 12.2. The van der Waals surface area contributed by atoms with Gasteiger partial charge in [-0.05, 0) is 49.2 Å². The van der Waals surface area contributed by atoms with Gasteiger partial charge >= 0.3 is 5.97 Å². The minimum atomic E-state index is -0.773. The van der Waals surface area contributed by atoms with Crippen molar-refractivity contribution in [1.82, 2.24) is 14.9 Å². The number of aromatic nitrogens is 2. The first-order chi connectivity index (χ1) is 12.5. The summed E-state index contributed by atoms with van der Waals surface area (Å²) in [6.45, 7) is 0.782. The van der Waals surface area contributed by atoms with E-state index in [0.29, 0.717) is 12.8 Å². The van der Waals surface area contributed by atoms with Gasteiger partial charge in [0.15, 0.2) is 0 Å². The van der Waals surface area contributed by atoms with Crippen molar-refractivity contribution in [2.75, 3.05) is 14.1 Å². The second-order valence-electron chi connectivity index (χ2n) is 6.79. The molecule has 5 nitrogen and oxygen atoms in total. The van der Waals surface area contributed by atoms with E-state index in [-0.39, 0.29) is 6.42 Å². The molecule has 0 radical (unpaired) electrons. The van der Waals surface area contributed by atoms with E-state index >= 15 is 0 Å². The minimum Gasteiger partial charge on any atom is -0.481 e. The normalized spacial score (nSPS) is 11.2. The molecule has 0 aliphatic heterocycles. The van der Waals surface area contributed by atoms with E-state index in [1.54, 1.807) is 6.20 Å². The number of fused-ring (bicyclic) bond motifs is 1. The van der Waals surface area contributed by atoms with Crippen LogP contribution in [0.15, 0.2) is 48.8 Å². The lowest BCUT2D eigenvalue weighted by Gasteiger charge is -2.13. The lowest BCUT2D eigenvalue weighted by Crippen LogP contribution is -2.13. The molecular formula is C21H23N3O2. The molecule has 0 atom stereocenters. The van der Waals surface area contributed by atoms with Gasteiger partial charge in [-0.1, -0.05) is 24.3 Å². The second-order valence-corrected chi connectivity index (χ2v) is 6.79. The largest absolute Gasteiger partial charge is 0.481 e. The number of aliphatic carboxylic acids is 1. The maximum absolute atomic E-state index is 10.8. The van der Waals surface area contributed by atoms with Crippen LogP contribution in [0.5, 0.6) is 0 Å². The number of nitrogens with zero attached hydrogens (tertiary/aromatic N) is 3. The molecule has 0 saturated carbocycles. The predicted octanol–water partition coefficient (Wildman–Crippen LogP) is 3.30. The Kier molecular flexibility index (Phi) is 5.58. The quantitative estimate of drug-likeness (QED) is 0.709. The molecule has 26 heavy (non-hydrogen) atoms. The van der Waals surface area contributed by atoms with Gasteiger partial charge in [0.1, 0.15) is 0 Å². The standard InChI is InChI=1S/C21H23N3O2/c1-24(2)14-18-12-17-8-9-22-13-19(17)20(23-18)11-16-5-3-4-15(10-16)6-7-21(25)26/h3-5,8-10,12-13H,6-7,11,14H2,1-2H3,(H,25,26). The van der Waals surface area contributed by atoms with Gasteiger partial charge in [0.05, 0.1) is 11.4 Å². The zero-order chi connectivity index (χ0) is 18.5. The molecule has 3 rings (SSSR count). The van der Waals surface area contributed by atoms with Crippen molar-refractivity contribution in [3.05, 3.63) is 71.3 Å². The Bertz CT molecular complexity index is 922. The van der Waals surface area contributed by atoms with Crippen molar-refractivity contribution in [2.45, 2.75) is 25.8 Å². The first kappa shape index (κ1) is 18.0. The van der Waals surface area contributed by atoms with Gasteiger partial charge in [-0.2, -0.15) is 0 Å². The summed E-state index contributed by atoms with van der Waals surface area (Å²) in [7, 11) is 4.06. The Morgan fingerprint density at radius 3 is 2.73 bits per heavy atom. The van der Waals surface area contributed by atoms with Crippen LogP contribution >= 0.6 is 0 Å². The van der Waals surface area contributed by atoms with Crippen LogP contribution in [-0.2, 0) is 24.2 Å². The Morgan fingerprint density at radius 1 is 1.15 bits per heavy atom. The minimum absolute atomic E-state index is 0.146. The van der Waals surface area contributed by atoms with E-state index < -0.39 is 5.97 Å². The molecule has 0 amide bonds. The van der Waals surface area contributed by atoms with Crippen LogP contribution in [0, 0.1) is 0 Å². The summed E-state index contributed by atoms with van der Waals surface area (Å²) in [5, 5.41) is 11.1. The van der Waals surface area contributed by atoms with Gasteiger partial charge in [-0.3, -0.25) is 14.8 Å². The third kappa shape index (κ3) is 4.64. The Balaban J connectivity index is 1.92. The number of carboxylic acid groups (broad SMARTS) is 1. The number of carboxylic acids is 1. The summed E-state index contributed by atoms with van der Waals surface area (Å²) < 4.78 is 0. The molecule has 0 saturated heterocycles.